The lowest BCUT2D eigenvalue weighted by Crippen LogP contribution is -2.35. The summed E-state index contributed by atoms with van der Waals surface area (Å²) >= 11 is 0. The zero-order chi connectivity index (χ0) is 14.7. The number of aromatic nitrogens is 1. The van der Waals surface area contributed by atoms with Gasteiger partial charge in [-0.2, -0.15) is 0 Å². The van der Waals surface area contributed by atoms with Crippen molar-refractivity contribution in [1.82, 2.24) is 4.98 Å². The number of hydrogen-bond donors (Lipinski definition) is 1. The molecule has 0 aliphatic carbocycles. The highest BCUT2D eigenvalue weighted by atomic mass is 16.4. The fourth-order valence-corrected chi connectivity index (χ4v) is 2.90. The van der Waals surface area contributed by atoms with E-state index in [0.29, 0.717) is 5.92 Å². The summed E-state index contributed by atoms with van der Waals surface area (Å²) in [7, 11) is 0. The van der Waals surface area contributed by atoms with Gasteiger partial charge in [-0.1, -0.05) is 36.4 Å². The summed E-state index contributed by atoms with van der Waals surface area (Å²) < 4.78 is 0. The van der Waals surface area contributed by atoms with Crippen LogP contribution < -0.4 is 4.90 Å². The Hall–Kier alpha value is -2.36. The average Bonchev–Trinajstić information content (AvgIpc) is 2.56. The SMILES string of the molecule is O=C(O)c1cccc(N2CCCC(c3ccccc3)C2)n1. The molecule has 1 aliphatic heterocycles. The van der Waals surface area contributed by atoms with Gasteiger partial charge in [0.2, 0.25) is 0 Å². The van der Waals surface area contributed by atoms with Gasteiger partial charge in [0, 0.05) is 19.0 Å². The van der Waals surface area contributed by atoms with E-state index in [1.54, 1.807) is 6.07 Å². The van der Waals surface area contributed by atoms with Crippen LogP contribution in [0.15, 0.2) is 48.5 Å². The second-order valence-electron chi connectivity index (χ2n) is 5.38. The molecule has 1 aromatic carbocycles. The zero-order valence-electron chi connectivity index (χ0n) is 11.8. The van der Waals surface area contributed by atoms with E-state index in [1.165, 1.54) is 18.1 Å². The number of benzene rings is 1. The first-order valence-corrected chi connectivity index (χ1v) is 7.24. The Labute approximate surface area is 124 Å². The van der Waals surface area contributed by atoms with Gasteiger partial charge in [0.1, 0.15) is 5.82 Å². The number of piperidine rings is 1. The van der Waals surface area contributed by atoms with Crippen LogP contribution in [-0.2, 0) is 0 Å². The van der Waals surface area contributed by atoms with E-state index in [9.17, 15) is 4.79 Å². The minimum atomic E-state index is -0.978. The molecule has 1 N–H and O–H groups in total. The van der Waals surface area contributed by atoms with Gasteiger partial charge in [-0.3, -0.25) is 0 Å². The van der Waals surface area contributed by atoms with Crippen molar-refractivity contribution in [2.45, 2.75) is 18.8 Å². The van der Waals surface area contributed by atoms with Crippen LogP contribution in [0, 0.1) is 0 Å². The highest BCUT2D eigenvalue weighted by molar-refractivity contribution is 5.85. The Kier molecular flexibility index (Phi) is 3.86. The van der Waals surface area contributed by atoms with Crippen LogP contribution in [0.4, 0.5) is 5.82 Å². The van der Waals surface area contributed by atoms with Crippen LogP contribution in [0.2, 0.25) is 0 Å². The Morgan fingerprint density at radius 2 is 1.95 bits per heavy atom. The van der Waals surface area contributed by atoms with Crippen molar-refractivity contribution in [3.63, 3.8) is 0 Å². The van der Waals surface area contributed by atoms with E-state index in [-0.39, 0.29) is 5.69 Å². The van der Waals surface area contributed by atoms with Gasteiger partial charge in [0.15, 0.2) is 5.69 Å². The molecule has 1 fully saturated rings. The predicted octanol–water partition coefficient (Wildman–Crippen LogP) is 3.16. The molecule has 1 aromatic heterocycles. The molecular formula is C17H18N2O2. The van der Waals surface area contributed by atoms with Crippen molar-refractivity contribution in [2.24, 2.45) is 0 Å². The molecule has 1 unspecified atom stereocenters. The Morgan fingerprint density at radius 1 is 1.14 bits per heavy atom. The number of anilines is 1. The van der Waals surface area contributed by atoms with Crippen molar-refractivity contribution in [2.75, 3.05) is 18.0 Å². The third-order valence-corrected chi connectivity index (χ3v) is 3.97. The van der Waals surface area contributed by atoms with Crippen molar-refractivity contribution in [3.05, 3.63) is 59.8 Å². The maximum absolute atomic E-state index is 11.0. The predicted molar refractivity (Wildman–Crippen MR) is 81.8 cm³/mol. The molecule has 21 heavy (non-hydrogen) atoms. The molecule has 0 saturated carbocycles. The molecule has 0 spiro atoms. The van der Waals surface area contributed by atoms with E-state index >= 15 is 0 Å². The summed E-state index contributed by atoms with van der Waals surface area (Å²) in [6.45, 7) is 1.82. The molecule has 0 radical (unpaired) electrons. The standard InChI is InChI=1S/C17H18N2O2/c20-17(21)15-9-4-10-16(18-15)19-11-5-8-14(12-19)13-6-2-1-3-7-13/h1-4,6-7,9-10,14H,5,8,11-12H2,(H,20,21). The van der Waals surface area contributed by atoms with Crippen molar-refractivity contribution in [1.29, 1.82) is 0 Å². The van der Waals surface area contributed by atoms with Crippen LogP contribution in [0.25, 0.3) is 0 Å². The highest BCUT2D eigenvalue weighted by Crippen LogP contribution is 2.29. The lowest BCUT2D eigenvalue weighted by molar-refractivity contribution is 0.0690. The number of rotatable bonds is 3. The quantitative estimate of drug-likeness (QED) is 0.939. The van der Waals surface area contributed by atoms with E-state index in [4.69, 9.17) is 5.11 Å². The summed E-state index contributed by atoms with van der Waals surface area (Å²) in [6, 6.07) is 15.7. The fraction of sp³-hybridized carbons (Fsp3) is 0.294. The average molecular weight is 282 g/mol. The fourth-order valence-electron chi connectivity index (χ4n) is 2.90. The van der Waals surface area contributed by atoms with Gasteiger partial charge < -0.3 is 10.0 Å². The number of carboxylic acids is 1. The lowest BCUT2D eigenvalue weighted by Gasteiger charge is -2.34. The number of nitrogens with zero attached hydrogens (tertiary/aromatic N) is 2. The van der Waals surface area contributed by atoms with Gasteiger partial charge in [-0.15, -0.1) is 0 Å². The summed E-state index contributed by atoms with van der Waals surface area (Å²) in [5.74, 6) is 0.263. The molecule has 1 atom stereocenters. The molecule has 0 amide bonds. The first-order chi connectivity index (χ1) is 10.2. The molecule has 0 bridgehead atoms. The summed E-state index contributed by atoms with van der Waals surface area (Å²) in [5.41, 5.74) is 1.45. The third kappa shape index (κ3) is 3.05. The second kappa shape index (κ2) is 5.95. The van der Waals surface area contributed by atoms with E-state index in [0.717, 1.165) is 25.3 Å². The lowest BCUT2D eigenvalue weighted by atomic mass is 9.91. The highest BCUT2D eigenvalue weighted by Gasteiger charge is 2.22. The van der Waals surface area contributed by atoms with Crippen LogP contribution in [0.1, 0.15) is 34.8 Å². The van der Waals surface area contributed by atoms with Crippen LogP contribution in [-0.4, -0.2) is 29.1 Å². The van der Waals surface area contributed by atoms with Crippen molar-refractivity contribution < 1.29 is 9.90 Å². The topological polar surface area (TPSA) is 53.4 Å². The minimum absolute atomic E-state index is 0.106. The van der Waals surface area contributed by atoms with Crippen LogP contribution in [0.5, 0.6) is 0 Å². The zero-order valence-corrected chi connectivity index (χ0v) is 11.8. The molecule has 4 heteroatoms. The van der Waals surface area contributed by atoms with E-state index in [2.05, 4.69) is 34.1 Å². The smallest absolute Gasteiger partial charge is 0.354 e. The van der Waals surface area contributed by atoms with Gasteiger partial charge in [-0.05, 0) is 30.5 Å². The van der Waals surface area contributed by atoms with Crippen molar-refractivity contribution >= 4 is 11.8 Å². The molecule has 4 nitrogen and oxygen atoms in total. The Balaban J connectivity index is 1.80. The first-order valence-electron chi connectivity index (χ1n) is 7.24. The molecule has 2 heterocycles. The third-order valence-electron chi connectivity index (χ3n) is 3.97. The molecule has 1 aliphatic rings. The van der Waals surface area contributed by atoms with Crippen LogP contribution >= 0.6 is 0 Å². The summed E-state index contributed by atoms with van der Waals surface area (Å²) in [4.78, 5) is 17.5. The van der Waals surface area contributed by atoms with E-state index < -0.39 is 5.97 Å². The molecule has 108 valence electrons. The molecule has 1 saturated heterocycles. The monoisotopic (exact) mass is 282 g/mol. The minimum Gasteiger partial charge on any atom is -0.477 e. The van der Waals surface area contributed by atoms with Gasteiger partial charge in [-0.25, -0.2) is 9.78 Å². The largest absolute Gasteiger partial charge is 0.477 e. The number of pyridine rings is 1. The van der Waals surface area contributed by atoms with Gasteiger partial charge >= 0.3 is 5.97 Å². The van der Waals surface area contributed by atoms with Gasteiger partial charge in [0.05, 0.1) is 0 Å². The molecule has 2 aromatic rings. The number of carboxylic acid groups (broad SMARTS) is 1. The van der Waals surface area contributed by atoms with E-state index in [1.807, 2.05) is 12.1 Å². The molecular weight excluding hydrogens is 264 g/mol. The Morgan fingerprint density at radius 3 is 2.71 bits per heavy atom. The Bertz CT molecular complexity index is 628. The normalized spacial score (nSPS) is 18.5. The maximum atomic E-state index is 11.0. The number of hydrogen-bond acceptors (Lipinski definition) is 3. The van der Waals surface area contributed by atoms with Gasteiger partial charge in [0.25, 0.3) is 0 Å². The summed E-state index contributed by atoms with van der Waals surface area (Å²) in [5, 5.41) is 9.06. The number of aromatic carboxylic acids is 1. The van der Waals surface area contributed by atoms with Crippen LogP contribution in [0.3, 0.4) is 0 Å². The molecule has 3 rings (SSSR count). The number of carbonyl (C=O) groups is 1. The summed E-state index contributed by atoms with van der Waals surface area (Å²) in [6.07, 6.45) is 2.26. The first kappa shape index (κ1) is 13.6. The maximum Gasteiger partial charge on any atom is 0.354 e. The van der Waals surface area contributed by atoms with Crippen molar-refractivity contribution in [3.8, 4) is 0 Å². The second-order valence-corrected chi connectivity index (χ2v) is 5.38.